The molecule has 2 aromatic carbocycles. The molecule has 0 spiro atoms. The van der Waals surface area contributed by atoms with Crippen molar-refractivity contribution >= 4 is 11.4 Å². The van der Waals surface area contributed by atoms with Crippen LogP contribution in [0.2, 0.25) is 0 Å². The van der Waals surface area contributed by atoms with Crippen LogP contribution in [0.1, 0.15) is 29.7 Å². The highest BCUT2D eigenvalue weighted by molar-refractivity contribution is 5.62. The third kappa shape index (κ3) is 3.18. The molecule has 0 fully saturated rings. The van der Waals surface area contributed by atoms with Crippen molar-refractivity contribution < 1.29 is 4.92 Å². The average Bonchev–Trinajstić information content (AvgIpc) is 2.47. The first-order chi connectivity index (χ1) is 10.0. The molecule has 0 unspecified atom stereocenters. The SMILES string of the molecule is Cc1ccccc1[C@H](C)Nc1ccc([N+](=O)[O-])cc1C#N. The number of nitrogens with zero attached hydrogens (tertiary/aromatic N) is 2. The topological polar surface area (TPSA) is 79.0 Å². The van der Waals surface area contributed by atoms with Crippen LogP contribution in [-0.4, -0.2) is 4.92 Å². The molecule has 106 valence electrons. The zero-order valence-electron chi connectivity index (χ0n) is 11.8. The van der Waals surface area contributed by atoms with Crippen LogP contribution in [0.3, 0.4) is 0 Å². The van der Waals surface area contributed by atoms with Gasteiger partial charge in [-0.2, -0.15) is 5.26 Å². The van der Waals surface area contributed by atoms with Crippen LogP contribution in [0, 0.1) is 28.4 Å². The van der Waals surface area contributed by atoms with E-state index >= 15 is 0 Å². The van der Waals surface area contributed by atoms with Crippen molar-refractivity contribution in [3.05, 3.63) is 69.3 Å². The summed E-state index contributed by atoms with van der Waals surface area (Å²) in [7, 11) is 0. The third-order valence-electron chi connectivity index (χ3n) is 3.36. The molecule has 21 heavy (non-hydrogen) atoms. The molecule has 0 bridgehead atoms. The molecule has 5 nitrogen and oxygen atoms in total. The Morgan fingerprint density at radius 1 is 1.29 bits per heavy atom. The van der Waals surface area contributed by atoms with Gasteiger partial charge in [0.1, 0.15) is 6.07 Å². The summed E-state index contributed by atoms with van der Waals surface area (Å²) >= 11 is 0. The molecule has 0 radical (unpaired) electrons. The largest absolute Gasteiger partial charge is 0.377 e. The summed E-state index contributed by atoms with van der Waals surface area (Å²) in [4.78, 5) is 10.2. The van der Waals surface area contributed by atoms with E-state index in [2.05, 4.69) is 5.32 Å². The van der Waals surface area contributed by atoms with Gasteiger partial charge in [-0.3, -0.25) is 10.1 Å². The fourth-order valence-corrected chi connectivity index (χ4v) is 2.25. The minimum Gasteiger partial charge on any atom is -0.377 e. The fraction of sp³-hybridized carbons (Fsp3) is 0.188. The lowest BCUT2D eigenvalue weighted by molar-refractivity contribution is -0.384. The summed E-state index contributed by atoms with van der Waals surface area (Å²) in [5.41, 5.74) is 3.06. The number of rotatable bonds is 4. The predicted octanol–water partition coefficient (Wildman–Crippen LogP) is 3.95. The lowest BCUT2D eigenvalue weighted by atomic mass is 10.0. The van der Waals surface area contributed by atoms with Gasteiger partial charge in [0.05, 0.1) is 16.2 Å². The van der Waals surface area contributed by atoms with E-state index in [0.29, 0.717) is 5.69 Å². The van der Waals surface area contributed by atoms with Gasteiger partial charge in [-0.25, -0.2) is 0 Å². The molecule has 0 aliphatic carbocycles. The smallest absolute Gasteiger partial charge is 0.270 e. The minimum atomic E-state index is -0.505. The van der Waals surface area contributed by atoms with Crippen LogP contribution in [0.4, 0.5) is 11.4 Å². The molecule has 2 aromatic rings. The van der Waals surface area contributed by atoms with E-state index in [0.717, 1.165) is 11.1 Å². The number of hydrogen-bond acceptors (Lipinski definition) is 4. The standard InChI is InChI=1S/C16H15N3O2/c1-11-5-3-4-6-15(11)12(2)18-16-8-7-14(19(20)21)9-13(16)10-17/h3-9,12,18H,1-2H3/t12-/m0/s1. The maximum Gasteiger partial charge on any atom is 0.270 e. The quantitative estimate of drug-likeness (QED) is 0.679. The van der Waals surface area contributed by atoms with E-state index in [1.165, 1.54) is 12.1 Å². The maximum absolute atomic E-state index is 10.7. The Balaban J connectivity index is 2.30. The van der Waals surface area contributed by atoms with Crippen molar-refractivity contribution in [2.45, 2.75) is 19.9 Å². The maximum atomic E-state index is 10.7. The van der Waals surface area contributed by atoms with Gasteiger partial charge in [-0.1, -0.05) is 24.3 Å². The van der Waals surface area contributed by atoms with Crippen LogP contribution in [0.15, 0.2) is 42.5 Å². The molecular formula is C16H15N3O2. The Labute approximate surface area is 123 Å². The molecule has 1 atom stereocenters. The summed E-state index contributed by atoms with van der Waals surface area (Å²) in [5.74, 6) is 0. The van der Waals surface area contributed by atoms with Crippen LogP contribution in [0.5, 0.6) is 0 Å². The number of nitrogens with one attached hydrogen (secondary N) is 1. The van der Waals surface area contributed by atoms with Gasteiger partial charge in [-0.15, -0.1) is 0 Å². The first-order valence-corrected chi connectivity index (χ1v) is 6.53. The molecule has 0 aromatic heterocycles. The van der Waals surface area contributed by atoms with Gasteiger partial charge in [0.15, 0.2) is 0 Å². The second kappa shape index (κ2) is 6.06. The Morgan fingerprint density at radius 2 is 2.00 bits per heavy atom. The highest BCUT2D eigenvalue weighted by Gasteiger charge is 2.13. The van der Waals surface area contributed by atoms with Crippen LogP contribution >= 0.6 is 0 Å². The second-order valence-electron chi connectivity index (χ2n) is 4.82. The van der Waals surface area contributed by atoms with Crippen molar-refractivity contribution in [2.75, 3.05) is 5.32 Å². The Bertz CT molecular complexity index is 720. The summed E-state index contributed by atoms with van der Waals surface area (Å²) in [6, 6.07) is 14.2. The number of non-ortho nitro benzene ring substituents is 1. The van der Waals surface area contributed by atoms with Crippen molar-refractivity contribution in [3.8, 4) is 6.07 Å². The van der Waals surface area contributed by atoms with Gasteiger partial charge >= 0.3 is 0 Å². The van der Waals surface area contributed by atoms with Gasteiger partial charge in [0.2, 0.25) is 0 Å². The predicted molar refractivity (Wildman–Crippen MR) is 81.0 cm³/mol. The molecule has 2 rings (SSSR count). The molecular weight excluding hydrogens is 266 g/mol. The van der Waals surface area contributed by atoms with Crippen molar-refractivity contribution in [3.63, 3.8) is 0 Å². The van der Waals surface area contributed by atoms with Gasteiger partial charge in [-0.05, 0) is 31.0 Å². The number of anilines is 1. The van der Waals surface area contributed by atoms with Gasteiger partial charge < -0.3 is 5.32 Å². The van der Waals surface area contributed by atoms with Crippen molar-refractivity contribution in [2.24, 2.45) is 0 Å². The summed E-state index contributed by atoms with van der Waals surface area (Å²) in [6.07, 6.45) is 0. The molecule has 0 saturated heterocycles. The molecule has 0 aliphatic heterocycles. The minimum absolute atomic E-state index is 0.000226. The molecule has 0 amide bonds. The number of nitro groups is 1. The van der Waals surface area contributed by atoms with Crippen LogP contribution < -0.4 is 5.32 Å². The fourth-order valence-electron chi connectivity index (χ4n) is 2.25. The van der Waals surface area contributed by atoms with E-state index in [1.807, 2.05) is 44.2 Å². The Kier molecular flexibility index (Phi) is 4.19. The second-order valence-corrected chi connectivity index (χ2v) is 4.82. The summed E-state index contributed by atoms with van der Waals surface area (Å²) in [6.45, 7) is 4.01. The number of benzene rings is 2. The van der Waals surface area contributed by atoms with Crippen LogP contribution in [0.25, 0.3) is 0 Å². The number of hydrogen-bond donors (Lipinski definition) is 1. The molecule has 1 N–H and O–H groups in total. The average molecular weight is 281 g/mol. The number of nitriles is 1. The van der Waals surface area contributed by atoms with Gasteiger partial charge in [0.25, 0.3) is 5.69 Å². The highest BCUT2D eigenvalue weighted by atomic mass is 16.6. The molecule has 0 aliphatic rings. The lowest BCUT2D eigenvalue weighted by Gasteiger charge is -2.18. The summed E-state index contributed by atoms with van der Waals surface area (Å²) < 4.78 is 0. The monoisotopic (exact) mass is 281 g/mol. The first kappa shape index (κ1) is 14.5. The zero-order chi connectivity index (χ0) is 15.4. The van der Waals surface area contributed by atoms with E-state index in [1.54, 1.807) is 6.07 Å². The molecule has 0 heterocycles. The number of aryl methyl sites for hydroxylation is 1. The van der Waals surface area contributed by atoms with Gasteiger partial charge in [0, 0.05) is 18.2 Å². The number of nitro benzene ring substituents is 1. The van der Waals surface area contributed by atoms with Crippen molar-refractivity contribution in [1.29, 1.82) is 5.26 Å². The normalized spacial score (nSPS) is 11.5. The highest BCUT2D eigenvalue weighted by Crippen LogP contribution is 2.26. The van der Waals surface area contributed by atoms with Crippen LogP contribution in [-0.2, 0) is 0 Å². The lowest BCUT2D eigenvalue weighted by Crippen LogP contribution is -2.09. The third-order valence-corrected chi connectivity index (χ3v) is 3.36. The van der Waals surface area contributed by atoms with E-state index < -0.39 is 4.92 Å². The van der Waals surface area contributed by atoms with E-state index in [-0.39, 0.29) is 17.3 Å². The summed E-state index contributed by atoms with van der Waals surface area (Å²) in [5, 5.41) is 23.1. The molecule has 5 heteroatoms. The molecule has 0 saturated carbocycles. The van der Waals surface area contributed by atoms with E-state index in [4.69, 9.17) is 5.26 Å². The van der Waals surface area contributed by atoms with E-state index in [9.17, 15) is 10.1 Å². The first-order valence-electron chi connectivity index (χ1n) is 6.53. The zero-order valence-corrected chi connectivity index (χ0v) is 11.8. The Morgan fingerprint density at radius 3 is 2.62 bits per heavy atom. The van der Waals surface area contributed by atoms with Crippen molar-refractivity contribution in [1.82, 2.24) is 0 Å². The Hall–Kier alpha value is -2.87.